The molecule has 1 aromatic heterocycles. The second kappa shape index (κ2) is 4.71. The van der Waals surface area contributed by atoms with Crippen molar-refractivity contribution >= 4 is 5.84 Å². The fraction of sp³-hybridized carbons (Fsp3) is 0.500. The molecule has 0 bridgehead atoms. The predicted molar refractivity (Wildman–Crippen MR) is 64.6 cm³/mol. The van der Waals surface area contributed by atoms with Crippen LogP contribution in [0.25, 0.3) is 0 Å². The van der Waals surface area contributed by atoms with Crippen LogP contribution in [-0.4, -0.2) is 30.1 Å². The number of hydrogen-bond donors (Lipinski definition) is 2. The van der Waals surface area contributed by atoms with Crippen molar-refractivity contribution in [3.05, 3.63) is 23.0 Å². The summed E-state index contributed by atoms with van der Waals surface area (Å²) < 4.78 is 11.1. The highest BCUT2D eigenvalue weighted by Crippen LogP contribution is 2.24. The zero-order valence-electron chi connectivity index (χ0n) is 10.1. The van der Waals surface area contributed by atoms with E-state index in [0.717, 1.165) is 24.4 Å². The first-order valence-electron chi connectivity index (χ1n) is 5.65. The molecule has 0 amide bonds. The van der Waals surface area contributed by atoms with E-state index in [0.29, 0.717) is 17.9 Å². The van der Waals surface area contributed by atoms with Gasteiger partial charge in [-0.25, -0.2) is 0 Å². The Hall–Kier alpha value is -1.62. The van der Waals surface area contributed by atoms with Crippen molar-refractivity contribution in [2.45, 2.75) is 26.4 Å². The molecule has 5 nitrogen and oxygen atoms in total. The summed E-state index contributed by atoms with van der Waals surface area (Å²) >= 11 is 0. The summed E-state index contributed by atoms with van der Waals surface area (Å²) in [7, 11) is 0. The van der Waals surface area contributed by atoms with Crippen molar-refractivity contribution in [3.8, 4) is 5.75 Å². The second-order valence-corrected chi connectivity index (χ2v) is 4.24. The summed E-state index contributed by atoms with van der Waals surface area (Å²) in [6.45, 7) is 5.05. The maximum absolute atomic E-state index is 7.59. The molecule has 5 heteroatoms. The van der Waals surface area contributed by atoms with E-state index >= 15 is 0 Å². The third kappa shape index (κ3) is 2.55. The normalized spacial score (nSPS) is 19.3. The van der Waals surface area contributed by atoms with Crippen molar-refractivity contribution in [1.29, 1.82) is 5.41 Å². The molecule has 1 saturated heterocycles. The summed E-state index contributed by atoms with van der Waals surface area (Å²) in [4.78, 5) is 4.30. The van der Waals surface area contributed by atoms with Gasteiger partial charge >= 0.3 is 0 Å². The molecule has 0 aliphatic carbocycles. The average Bonchev–Trinajstić information content (AvgIpc) is 2.68. The van der Waals surface area contributed by atoms with Crippen LogP contribution in [0.5, 0.6) is 5.75 Å². The van der Waals surface area contributed by atoms with Crippen molar-refractivity contribution in [1.82, 2.24) is 4.98 Å². The highest BCUT2D eigenvalue weighted by molar-refractivity contribution is 5.98. The molecule has 1 aliphatic rings. The van der Waals surface area contributed by atoms with Crippen LogP contribution in [0.15, 0.2) is 6.07 Å². The zero-order valence-corrected chi connectivity index (χ0v) is 10.1. The maximum atomic E-state index is 7.59. The van der Waals surface area contributed by atoms with Gasteiger partial charge in [0.15, 0.2) is 0 Å². The summed E-state index contributed by atoms with van der Waals surface area (Å²) in [6, 6.07) is 1.82. The quantitative estimate of drug-likeness (QED) is 0.608. The Morgan fingerprint density at radius 3 is 2.94 bits per heavy atom. The number of aryl methyl sites for hydroxylation is 2. The molecule has 3 N–H and O–H groups in total. The first-order valence-corrected chi connectivity index (χ1v) is 5.65. The molecular formula is C12H17N3O2. The SMILES string of the molecule is Cc1cc(OC2CCOC2)c(C(=N)N)c(C)n1. The average molecular weight is 235 g/mol. The molecule has 1 unspecified atom stereocenters. The van der Waals surface area contributed by atoms with E-state index in [2.05, 4.69) is 4.98 Å². The van der Waals surface area contributed by atoms with Gasteiger partial charge in [-0.05, 0) is 13.8 Å². The van der Waals surface area contributed by atoms with E-state index in [4.69, 9.17) is 20.6 Å². The highest BCUT2D eigenvalue weighted by atomic mass is 16.5. The number of nitrogen functional groups attached to an aromatic ring is 1. The summed E-state index contributed by atoms with van der Waals surface area (Å²) in [6.07, 6.45) is 0.923. The van der Waals surface area contributed by atoms with E-state index in [9.17, 15) is 0 Å². The maximum Gasteiger partial charge on any atom is 0.134 e. The van der Waals surface area contributed by atoms with Crippen LogP contribution in [0.2, 0.25) is 0 Å². The smallest absolute Gasteiger partial charge is 0.134 e. The topological polar surface area (TPSA) is 81.2 Å². The Kier molecular flexibility index (Phi) is 3.28. The van der Waals surface area contributed by atoms with Crippen LogP contribution in [0, 0.1) is 19.3 Å². The van der Waals surface area contributed by atoms with E-state index in [1.807, 2.05) is 19.9 Å². The van der Waals surface area contributed by atoms with Gasteiger partial charge in [0, 0.05) is 18.2 Å². The van der Waals surface area contributed by atoms with Crippen LogP contribution >= 0.6 is 0 Å². The number of rotatable bonds is 3. The van der Waals surface area contributed by atoms with Gasteiger partial charge in [-0.2, -0.15) is 0 Å². The number of nitrogens with zero attached hydrogens (tertiary/aromatic N) is 1. The Balaban J connectivity index is 2.32. The number of pyridine rings is 1. The van der Waals surface area contributed by atoms with Gasteiger partial charge in [-0.15, -0.1) is 0 Å². The van der Waals surface area contributed by atoms with Gasteiger partial charge in [0.1, 0.15) is 17.7 Å². The van der Waals surface area contributed by atoms with Crippen molar-refractivity contribution < 1.29 is 9.47 Å². The molecule has 0 radical (unpaired) electrons. The first kappa shape index (κ1) is 11.9. The molecule has 2 rings (SSSR count). The molecule has 1 aliphatic heterocycles. The molecule has 1 fully saturated rings. The van der Waals surface area contributed by atoms with Crippen LogP contribution in [0.4, 0.5) is 0 Å². The van der Waals surface area contributed by atoms with E-state index in [-0.39, 0.29) is 11.9 Å². The number of ether oxygens (including phenoxy) is 2. The van der Waals surface area contributed by atoms with Gasteiger partial charge in [0.25, 0.3) is 0 Å². The van der Waals surface area contributed by atoms with Gasteiger partial charge in [-0.3, -0.25) is 10.4 Å². The molecule has 92 valence electrons. The van der Waals surface area contributed by atoms with E-state index < -0.39 is 0 Å². The van der Waals surface area contributed by atoms with Crippen molar-refractivity contribution in [3.63, 3.8) is 0 Å². The fourth-order valence-electron chi connectivity index (χ4n) is 2.00. The van der Waals surface area contributed by atoms with Crippen LogP contribution in [-0.2, 0) is 4.74 Å². The monoisotopic (exact) mass is 235 g/mol. The molecule has 0 spiro atoms. The van der Waals surface area contributed by atoms with Gasteiger partial charge in [-0.1, -0.05) is 0 Å². The molecule has 2 heterocycles. The highest BCUT2D eigenvalue weighted by Gasteiger charge is 2.20. The lowest BCUT2D eigenvalue weighted by atomic mass is 10.1. The lowest BCUT2D eigenvalue weighted by Gasteiger charge is -2.16. The van der Waals surface area contributed by atoms with E-state index in [1.165, 1.54) is 0 Å². The van der Waals surface area contributed by atoms with E-state index in [1.54, 1.807) is 0 Å². The van der Waals surface area contributed by atoms with Crippen molar-refractivity contribution in [2.75, 3.05) is 13.2 Å². The Bertz CT molecular complexity index is 440. The van der Waals surface area contributed by atoms with Gasteiger partial charge in [0.2, 0.25) is 0 Å². The lowest BCUT2D eigenvalue weighted by Crippen LogP contribution is -2.21. The predicted octanol–water partition coefficient (Wildman–Crippen LogP) is 1.15. The Labute approximate surface area is 100 Å². The number of nitrogens with two attached hydrogens (primary N) is 1. The minimum absolute atomic E-state index is 0.0103. The summed E-state index contributed by atoms with van der Waals surface area (Å²) in [5, 5.41) is 7.59. The number of aromatic nitrogens is 1. The molecule has 1 atom stereocenters. The zero-order chi connectivity index (χ0) is 12.4. The third-order valence-electron chi connectivity index (χ3n) is 2.74. The largest absolute Gasteiger partial charge is 0.487 e. The van der Waals surface area contributed by atoms with Crippen LogP contribution in [0.1, 0.15) is 23.4 Å². The molecule has 1 aromatic rings. The summed E-state index contributed by atoms with van der Waals surface area (Å²) in [5.74, 6) is 0.627. The molecule has 0 saturated carbocycles. The second-order valence-electron chi connectivity index (χ2n) is 4.24. The number of hydrogen-bond acceptors (Lipinski definition) is 4. The number of nitrogens with one attached hydrogen (secondary N) is 1. The van der Waals surface area contributed by atoms with Crippen LogP contribution < -0.4 is 10.5 Å². The standard InChI is InChI=1S/C12H17N3O2/c1-7-5-10(17-9-3-4-16-6-9)11(12(13)14)8(2)15-7/h5,9H,3-4,6H2,1-2H3,(H3,13,14). The lowest BCUT2D eigenvalue weighted by molar-refractivity contribution is 0.141. The molecule has 17 heavy (non-hydrogen) atoms. The molecule has 0 aromatic carbocycles. The van der Waals surface area contributed by atoms with Gasteiger partial charge in [0.05, 0.1) is 24.5 Å². The Morgan fingerprint density at radius 1 is 1.59 bits per heavy atom. The van der Waals surface area contributed by atoms with Crippen molar-refractivity contribution in [2.24, 2.45) is 5.73 Å². The fourth-order valence-corrected chi connectivity index (χ4v) is 2.00. The minimum atomic E-state index is -0.0103. The van der Waals surface area contributed by atoms with Crippen LogP contribution in [0.3, 0.4) is 0 Å². The summed E-state index contributed by atoms with van der Waals surface area (Å²) in [5.41, 5.74) is 7.75. The number of amidine groups is 1. The van der Waals surface area contributed by atoms with Gasteiger partial charge < -0.3 is 15.2 Å². The Morgan fingerprint density at radius 2 is 2.35 bits per heavy atom. The molecular weight excluding hydrogens is 218 g/mol. The minimum Gasteiger partial charge on any atom is -0.487 e. The third-order valence-corrected chi connectivity index (χ3v) is 2.74. The first-order chi connectivity index (χ1) is 8.08.